The standard InChI is InChI=1S/C11H17N3O2S2/c1-11(2,18(3,15)16)7-14-9-6-13-5-4-8(9)10(12)17/h4-6,14H,7H2,1-3H3,(H2,12,17). The summed E-state index contributed by atoms with van der Waals surface area (Å²) in [6.07, 6.45) is 4.38. The van der Waals surface area contributed by atoms with Crippen molar-refractivity contribution in [1.82, 2.24) is 4.98 Å². The van der Waals surface area contributed by atoms with Gasteiger partial charge in [-0.05, 0) is 19.9 Å². The van der Waals surface area contributed by atoms with Crippen molar-refractivity contribution in [2.75, 3.05) is 18.1 Å². The van der Waals surface area contributed by atoms with Gasteiger partial charge in [0.1, 0.15) is 4.99 Å². The number of nitrogens with one attached hydrogen (secondary N) is 1. The molecular weight excluding hydrogens is 270 g/mol. The van der Waals surface area contributed by atoms with Crippen molar-refractivity contribution >= 4 is 32.7 Å². The first-order chi connectivity index (χ1) is 8.15. The minimum Gasteiger partial charge on any atom is -0.389 e. The van der Waals surface area contributed by atoms with E-state index in [0.717, 1.165) is 0 Å². The van der Waals surface area contributed by atoms with Crippen LogP contribution in [-0.4, -0.2) is 35.9 Å². The molecule has 1 aromatic rings. The molecule has 0 saturated carbocycles. The van der Waals surface area contributed by atoms with Crippen LogP contribution in [0.1, 0.15) is 19.4 Å². The molecule has 0 aliphatic heterocycles. The van der Waals surface area contributed by atoms with E-state index in [2.05, 4.69) is 10.3 Å². The summed E-state index contributed by atoms with van der Waals surface area (Å²) in [4.78, 5) is 4.21. The maximum Gasteiger partial charge on any atom is 0.154 e. The van der Waals surface area contributed by atoms with Gasteiger partial charge >= 0.3 is 0 Å². The van der Waals surface area contributed by atoms with E-state index in [1.54, 1.807) is 32.3 Å². The molecule has 0 aliphatic carbocycles. The highest BCUT2D eigenvalue weighted by molar-refractivity contribution is 7.92. The van der Waals surface area contributed by atoms with Gasteiger partial charge in [0.2, 0.25) is 0 Å². The molecule has 18 heavy (non-hydrogen) atoms. The normalized spacial score (nSPS) is 12.2. The van der Waals surface area contributed by atoms with E-state index in [9.17, 15) is 8.42 Å². The molecule has 0 fully saturated rings. The minimum absolute atomic E-state index is 0.247. The van der Waals surface area contributed by atoms with E-state index in [1.165, 1.54) is 6.26 Å². The first kappa shape index (κ1) is 14.8. The van der Waals surface area contributed by atoms with E-state index >= 15 is 0 Å². The number of hydrogen-bond donors (Lipinski definition) is 2. The molecule has 0 aliphatic rings. The van der Waals surface area contributed by atoms with Gasteiger partial charge in [-0.2, -0.15) is 0 Å². The fourth-order valence-corrected chi connectivity index (χ4v) is 1.70. The van der Waals surface area contributed by atoms with Crippen LogP contribution in [0.5, 0.6) is 0 Å². The fraction of sp³-hybridized carbons (Fsp3) is 0.455. The molecule has 3 N–H and O–H groups in total. The maximum absolute atomic E-state index is 11.6. The number of aromatic nitrogens is 1. The first-order valence-corrected chi connectivity index (χ1v) is 7.62. The summed E-state index contributed by atoms with van der Waals surface area (Å²) in [6, 6.07) is 1.69. The Bertz CT molecular complexity index is 553. The average Bonchev–Trinajstić information content (AvgIpc) is 2.25. The minimum atomic E-state index is -3.15. The highest BCUT2D eigenvalue weighted by Crippen LogP contribution is 2.18. The van der Waals surface area contributed by atoms with Crippen LogP contribution in [0.25, 0.3) is 0 Å². The first-order valence-electron chi connectivity index (χ1n) is 5.32. The Hall–Kier alpha value is -1.21. The van der Waals surface area contributed by atoms with E-state index < -0.39 is 14.6 Å². The Kier molecular flexibility index (Phi) is 4.28. The molecule has 7 heteroatoms. The smallest absolute Gasteiger partial charge is 0.154 e. The Balaban J connectivity index is 2.91. The molecule has 5 nitrogen and oxygen atoms in total. The van der Waals surface area contributed by atoms with Crippen molar-refractivity contribution in [3.63, 3.8) is 0 Å². The van der Waals surface area contributed by atoms with E-state index in [1.807, 2.05) is 0 Å². The summed E-state index contributed by atoms with van der Waals surface area (Å²) in [5.74, 6) is 0. The lowest BCUT2D eigenvalue weighted by atomic mass is 10.2. The van der Waals surface area contributed by atoms with Crippen molar-refractivity contribution in [3.8, 4) is 0 Å². The predicted molar refractivity (Wildman–Crippen MR) is 77.5 cm³/mol. The van der Waals surface area contributed by atoms with Crippen molar-refractivity contribution in [1.29, 1.82) is 0 Å². The molecule has 0 aromatic carbocycles. The quantitative estimate of drug-likeness (QED) is 0.784. The van der Waals surface area contributed by atoms with Gasteiger partial charge in [-0.1, -0.05) is 12.2 Å². The molecule has 0 amide bonds. The van der Waals surface area contributed by atoms with E-state index in [4.69, 9.17) is 18.0 Å². The van der Waals surface area contributed by atoms with Crippen LogP contribution in [0.4, 0.5) is 5.69 Å². The molecule has 0 spiro atoms. The average molecular weight is 287 g/mol. The van der Waals surface area contributed by atoms with Gasteiger partial charge in [0.05, 0.1) is 16.6 Å². The topological polar surface area (TPSA) is 85.1 Å². The largest absolute Gasteiger partial charge is 0.389 e. The zero-order valence-corrected chi connectivity index (χ0v) is 12.2. The molecule has 0 saturated heterocycles. The second-order valence-electron chi connectivity index (χ2n) is 4.67. The molecule has 1 rings (SSSR count). The van der Waals surface area contributed by atoms with Gasteiger partial charge < -0.3 is 11.1 Å². The third-order valence-corrected chi connectivity index (χ3v) is 5.17. The predicted octanol–water partition coefficient (Wildman–Crippen LogP) is 0.951. The van der Waals surface area contributed by atoms with Crippen LogP contribution in [-0.2, 0) is 9.84 Å². The number of anilines is 1. The summed E-state index contributed by atoms with van der Waals surface area (Å²) in [6.45, 7) is 3.57. The molecule has 0 bridgehead atoms. The monoisotopic (exact) mass is 287 g/mol. The highest BCUT2D eigenvalue weighted by atomic mass is 32.2. The third kappa shape index (κ3) is 3.39. The zero-order valence-electron chi connectivity index (χ0n) is 10.6. The molecule has 1 aromatic heterocycles. The van der Waals surface area contributed by atoms with Crippen molar-refractivity contribution in [3.05, 3.63) is 24.0 Å². The van der Waals surface area contributed by atoms with Crippen molar-refractivity contribution < 1.29 is 8.42 Å². The molecular formula is C11H17N3O2S2. The maximum atomic E-state index is 11.6. The summed E-state index contributed by atoms with van der Waals surface area (Å²) in [5, 5.41) is 3.03. The number of sulfone groups is 1. The van der Waals surface area contributed by atoms with Crippen molar-refractivity contribution in [2.45, 2.75) is 18.6 Å². The Morgan fingerprint density at radius 3 is 2.67 bits per heavy atom. The number of hydrogen-bond acceptors (Lipinski definition) is 5. The van der Waals surface area contributed by atoms with Crippen LogP contribution in [0, 0.1) is 0 Å². The van der Waals surface area contributed by atoms with Crippen LogP contribution >= 0.6 is 12.2 Å². The number of rotatable bonds is 5. The molecule has 1 heterocycles. The van der Waals surface area contributed by atoms with Crippen molar-refractivity contribution in [2.24, 2.45) is 5.73 Å². The Morgan fingerprint density at radius 2 is 2.17 bits per heavy atom. The van der Waals surface area contributed by atoms with E-state index in [0.29, 0.717) is 11.3 Å². The molecule has 0 radical (unpaired) electrons. The summed E-state index contributed by atoms with van der Waals surface area (Å²) in [5.41, 5.74) is 6.88. The molecule has 0 atom stereocenters. The molecule has 0 unspecified atom stereocenters. The zero-order chi connectivity index (χ0) is 14.0. The SMILES string of the molecule is CC(C)(CNc1cnccc1C(N)=S)S(C)(=O)=O. The second-order valence-corrected chi connectivity index (χ2v) is 7.76. The number of nitrogens with two attached hydrogens (primary N) is 1. The summed E-state index contributed by atoms with van der Waals surface area (Å²) in [7, 11) is -3.15. The summed E-state index contributed by atoms with van der Waals surface area (Å²) < 4.78 is 22.3. The highest BCUT2D eigenvalue weighted by Gasteiger charge is 2.30. The number of thiocarbonyl (C=S) groups is 1. The third-order valence-electron chi connectivity index (χ3n) is 2.79. The van der Waals surface area contributed by atoms with Crippen LogP contribution in [0.3, 0.4) is 0 Å². The van der Waals surface area contributed by atoms with Gasteiger partial charge in [0, 0.05) is 24.6 Å². The lowest BCUT2D eigenvalue weighted by molar-refractivity contribution is 0.560. The van der Waals surface area contributed by atoms with Gasteiger partial charge in [-0.25, -0.2) is 8.42 Å². The number of pyridine rings is 1. The Morgan fingerprint density at radius 1 is 1.56 bits per heavy atom. The van der Waals surface area contributed by atoms with Gasteiger partial charge in [0.25, 0.3) is 0 Å². The lowest BCUT2D eigenvalue weighted by Crippen LogP contribution is -2.38. The lowest BCUT2D eigenvalue weighted by Gasteiger charge is -2.24. The van der Waals surface area contributed by atoms with Crippen LogP contribution in [0.2, 0.25) is 0 Å². The van der Waals surface area contributed by atoms with Gasteiger partial charge in [-0.3, -0.25) is 4.98 Å². The van der Waals surface area contributed by atoms with Gasteiger partial charge in [-0.15, -0.1) is 0 Å². The van der Waals surface area contributed by atoms with Crippen LogP contribution in [0.15, 0.2) is 18.5 Å². The fourth-order valence-electron chi connectivity index (χ4n) is 1.19. The second kappa shape index (κ2) is 5.19. The number of nitrogens with zero attached hydrogens (tertiary/aromatic N) is 1. The summed E-state index contributed by atoms with van der Waals surface area (Å²) >= 11 is 4.92. The van der Waals surface area contributed by atoms with Crippen LogP contribution < -0.4 is 11.1 Å². The van der Waals surface area contributed by atoms with E-state index in [-0.39, 0.29) is 11.5 Å². The Labute approximate surface area is 113 Å². The van der Waals surface area contributed by atoms with Gasteiger partial charge in [0.15, 0.2) is 9.84 Å². The molecule has 100 valence electrons.